The summed E-state index contributed by atoms with van der Waals surface area (Å²) in [5, 5.41) is 0.419. The Bertz CT molecular complexity index is 398. The first-order chi connectivity index (χ1) is 11.0. The predicted molar refractivity (Wildman–Crippen MR) is 118 cm³/mol. The fourth-order valence-electron chi connectivity index (χ4n) is 2.07. The standard InChI is InChI=1S/C21H44O2Si2/c1-13-15-21(16-14-2,17-22-24(9,10)19(3,4)5)18-23-25(11,12)20(6,7)8/h13-14H,1-2,15-18H2,3-12H3. The number of hydrogen-bond donors (Lipinski definition) is 0. The molecule has 2 nitrogen and oxygen atoms in total. The summed E-state index contributed by atoms with van der Waals surface area (Å²) in [6, 6.07) is 0. The predicted octanol–water partition coefficient (Wildman–Crippen LogP) is 7.17. The van der Waals surface area contributed by atoms with Gasteiger partial charge in [-0.15, -0.1) is 13.2 Å². The van der Waals surface area contributed by atoms with Crippen LogP contribution in [-0.4, -0.2) is 29.8 Å². The molecule has 0 heterocycles. The summed E-state index contributed by atoms with van der Waals surface area (Å²) in [6.07, 6.45) is 5.80. The van der Waals surface area contributed by atoms with Crippen LogP contribution in [0.1, 0.15) is 54.4 Å². The second-order valence-corrected chi connectivity index (χ2v) is 20.2. The van der Waals surface area contributed by atoms with Crippen LogP contribution in [0.15, 0.2) is 25.3 Å². The first-order valence-electron chi connectivity index (χ1n) is 9.53. The van der Waals surface area contributed by atoms with Gasteiger partial charge in [-0.2, -0.15) is 0 Å². The fraction of sp³-hybridized carbons (Fsp3) is 0.810. The summed E-state index contributed by atoms with van der Waals surface area (Å²) in [6.45, 7) is 32.4. The molecule has 0 atom stereocenters. The minimum Gasteiger partial charge on any atom is -0.416 e. The summed E-state index contributed by atoms with van der Waals surface area (Å²) < 4.78 is 13.2. The topological polar surface area (TPSA) is 18.5 Å². The van der Waals surface area contributed by atoms with Crippen molar-refractivity contribution in [3.05, 3.63) is 25.3 Å². The molecule has 4 heteroatoms. The summed E-state index contributed by atoms with van der Waals surface area (Å²) in [5.41, 5.74) is -0.0610. The van der Waals surface area contributed by atoms with E-state index in [2.05, 4.69) is 80.9 Å². The quantitative estimate of drug-likeness (QED) is 0.293. The van der Waals surface area contributed by atoms with E-state index in [4.69, 9.17) is 8.85 Å². The van der Waals surface area contributed by atoms with Crippen LogP contribution in [-0.2, 0) is 8.85 Å². The minimum atomic E-state index is -1.80. The van der Waals surface area contributed by atoms with Crippen LogP contribution in [0.3, 0.4) is 0 Å². The average molecular weight is 385 g/mol. The van der Waals surface area contributed by atoms with Gasteiger partial charge in [0.2, 0.25) is 0 Å². The molecule has 25 heavy (non-hydrogen) atoms. The van der Waals surface area contributed by atoms with Gasteiger partial charge in [0, 0.05) is 18.6 Å². The van der Waals surface area contributed by atoms with Crippen molar-refractivity contribution in [3.63, 3.8) is 0 Å². The molecular formula is C21H44O2Si2. The van der Waals surface area contributed by atoms with E-state index in [-0.39, 0.29) is 15.5 Å². The van der Waals surface area contributed by atoms with Crippen molar-refractivity contribution < 1.29 is 8.85 Å². The molecular weight excluding hydrogens is 340 g/mol. The van der Waals surface area contributed by atoms with E-state index >= 15 is 0 Å². The molecule has 0 rings (SSSR count). The van der Waals surface area contributed by atoms with Crippen molar-refractivity contribution in [1.29, 1.82) is 0 Å². The lowest BCUT2D eigenvalue weighted by atomic mass is 9.83. The van der Waals surface area contributed by atoms with Crippen molar-refractivity contribution in [3.8, 4) is 0 Å². The van der Waals surface area contributed by atoms with E-state index in [1.165, 1.54) is 0 Å². The third-order valence-corrected chi connectivity index (χ3v) is 15.2. The smallest absolute Gasteiger partial charge is 0.192 e. The molecule has 0 spiro atoms. The van der Waals surface area contributed by atoms with Crippen LogP contribution in [0.4, 0.5) is 0 Å². The number of allylic oxidation sites excluding steroid dienone is 2. The molecule has 0 N–H and O–H groups in total. The van der Waals surface area contributed by atoms with Crippen LogP contribution in [0.5, 0.6) is 0 Å². The zero-order chi connectivity index (χ0) is 20.2. The Labute approximate surface area is 160 Å². The van der Waals surface area contributed by atoms with Crippen LogP contribution in [0.25, 0.3) is 0 Å². The van der Waals surface area contributed by atoms with Crippen molar-refractivity contribution in [2.24, 2.45) is 5.41 Å². The molecule has 0 radical (unpaired) electrons. The van der Waals surface area contributed by atoms with Crippen molar-refractivity contribution in [2.75, 3.05) is 13.2 Å². The van der Waals surface area contributed by atoms with Gasteiger partial charge in [0.15, 0.2) is 16.6 Å². The molecule has 0 aliphatic rings. The van der Waals surface area contributed by atoms with Gasteiger partial charge in [-0.3, -0.25) is 0 Å². The highest BCUT2D eigenvalue weighted by Gasteiger charge is 2.42. The Balaban J connectivity index is 5.38. The SMILES string of the molecule is C=CCC(CC=C)(CO[Si](C)(C)C(C)(C)C)CO[Si](C)(C)C(C)(C)C. The number of hydrogen-bond acceptors (Lipinski definition) is 2. The van der Waals surface area contributed by atoms with E-state index in [9.17, 15) is 0 Å². The van der Waals surface area contributed by atoms with Crippen LogP contribution < -0.4 is 0 Å². The zero-order valence-electron chi connectivity index (χ0n) is 18.7. The molecule has 0 aromatic heterocycles. The zero-order valence-corrected chi connectivity index (χ0v) is 20.7. The lowest BCUT2D eigenvalue weighted by molar-refractivity contribution is 0.0691. The van der Waals surface area contributed by atoms with Crippen molar-refractivity contribution in [2.45, 2.75) is 90.6 Å². The molecule has 0 aromatic carbocycles. The van der Waals surface area contributed by atoms with Gasteiger partial charge in [0.25, 0.3) is 0 Å². The highest BCUT2D eigenvalue weighted by Crippen LogP contribution is 2.41. The molecule has 0 aliphatic carbocycles. The van der Waals surface area contributed by atoms with Crippen LogP contribution in [0, 0.1) is 5.41 Å². The van der Waals surface area contributed by atoms with Gasteiger partial charge in [-0.25, -0.2) is 0 Å². The molecule has 0 amide bonds. The van der Waals surface area contributed by atoms with E-state index in [1.54, 1.807) is 0 Å². The largest absolute Gasteiger partial charge is 0.416 e. The molecule has 0 aliphatic heterocycles. The molecule has 0 saturated heterocycles. The molecule has 0 unspecified atom stereocenters. The van der Waals surface area contributed by atoms with E-state index in [0.717, 1.165) is 26.1 Å². The Hall–Kier alpha value is -0.166. The van der Waals surface area contributed by atoms with E-state index < -0.39 is 16.6 Å². The minimum absolute atomic E-state index is 0.0610. The highest BCUT2D eigenvalue weighted by atomic mass is 28.4. The fourth-order valence-corrected chi connectivity index (χ4v) is 4.27. The molecule has 0 bridgehead atoms. The lowest BCUT2D eigenvalue weighted by Gasteiger charge is -2.43. The molecule has 0 saturated carbocycles. The van der Waals surface area contributed by atoms with Gasteiger partial charge < -0.3 is 8.85 Å². The van der Waals surface area contributed by atoms with Crippen LogP contribution >= 0.6 is 0 Å². The summed E-state index contributed by atoms with van der Waals surface area (Å²) in [5.74, 6) is 0. The maximum atomic E-state index is 6.59. The second kappa shape index (κ2) is 8.68. The van der Waals surface area contributed by atoms with Crippen molar-refractivity contribution in [1.82, 2.24) is 0 Å². The molecule has 0 aromatic rings. The monoisotopic (exact) mass is 384 g/mol. The first-order valence-corrected chi connectivity index (χ1v) is 15.3. The second-order valence-electron chi connectivity index (χ2n) is 10.6. The van der Waals surface area contributed by atoms with Gasteiger partial charge in [0.05, 0.1) is 0 Å². The Morgan fingerprint density at radius 2 is 0.960 bits per heavy atom. The van der Waals surface area contributed by atoms with Gasteiger partial charge in [-0.1, -0.05) is 53.7 Å². The molecule has 148 valence electrons. The first kappa shape index (κ1) is 24.8. The Kier molecular flexibility index (Phi) is 8.62. The summed E-state index contributed by atoms with van der Waals surface area (Å²) >= 11 is 0. The van der Waals surface area contributed by atoms with Gasteiger partial charge >= 0.3 is 0 Å². The van der Waals surface area contributed by atoms with E-state index in [0.29, 0.717) is 0 Å². The maximum absolute atomic E-state index is 6.59. The van der Waals surface area contributed by atoms with Crippen LogP contribution in [0.2, 0.25) is 36.3 Å². The third kappa shape index (κ3) is 7.16. The highest BCUT2D eigenvalue weighted by molar-refractivity contribution is 6.74. The Morgan fingerprint density at radius 1 is 0.680 bits per heavy atom. The normalized spacial score (nSPS) is 14.5. The summed E-state index contributed by atoms with van der Waals surface area (Å²) in [4.78, 5) is 0. The lowest BCUT2D eigenvalue weighted by Crippen LogP contribution is -2.48. The van der Waals surface area contributed by atoms with Crippen molar-refractivity contribution >= 4 is 16.6 Å². The maximum Gasteiger partial charge on any atom is 0.192 e. The van der Waals surface area contributed by atoms with Gasteiger partial charge in [-0.05, 0) is 49.1 Å². The Morgan fingerprint density at radius 3 is 1.16 bits per heavy atom. The summed E-state index contributed by atoms with van der Waals surface area (Å²) in [7, 11) is -3.59. The average Bonchev–Trinajstić information content (AvgIpc) is 2.41. The van der Waals surface area contributed by atoms with Gasteiger partial charge in [0.1, 0.15) is 0 Å². The van der Waals surface area contributed by atoms with E-state index in [1.807, 2.05) is 12.2 Å². The third-order valence-electron chi connectivity index (χ3n) is 6.25. The number of rotatable bonds is 10. The molecule has 0 fully saturated rings.